The summed E-state index contributed by atoms with van der Waals surface area (Å²) in [5.41, 5.74) is 1.34. The molecule has 72 valence electrons. The number of aryl methyl sites for hydroxylation is 1. The first-order valence-electron chi connectivity index (χ1n) is 3.74. The Morgan fingerprint density at radius 3 is 1.33 bits per heavy atom. The largest absolute Gasteiger partial charge is 0.748 e. The maximum absolute atomic E-state index is 2.08. The van der Waals surface area contributed by atoms with Gasteiger partial charge in [-0.25, -0.2) is 12.1 Å². The summed E-state index contributed by atoms with van der Waals surface area (Å²) in [6.07, 6.45) is 0. The fourth-order valence-electron chi connectivity index (χ4n) is 0.791. The third-order valence-electron chi connectivity index (χ3n) is 1.38. The van der Waals surface area contributed by atoms with Crippen molar-refractivity contribution >= 4 is 0 Å². The van der Waals surface area contributed by atoms with Gasteiger partial charge in [0.1, 0.15) is 0 Å². The van der Waals surface area contributed by atoms with Gasteiger partial charge in [0.05, 0.1) is 0 Å². The minimum Gasteiger partial charge on any atom is -0.748 e. The fraction of sp³-hybridized carbons (Fsp3) is 0.0909. The van der Waals surface area contributed by atoms with Crippen LogP contribution in [0.25, 0.3) is 0 Å². The van der Waals surface area contributed by atoms with Crippen molar-refractivity contribution in [3.63, 3.8) is 0 Å². The van der Waals surface area contributed by atoms with E-state index in [0.717, 1.165) is 0 Å². The van der Waals surface area contributed by atoms with Crippen LogP contribution < -0.4 is 0 Å². The summed E-state index contributed by atoms with van der Waals surface area (Å²) < 4.78 is 0. The normalized spacial score (nSPS) is 7.75. The van der Waals surface area contributed by atoms with Gasteiger partial charge in [-0.15, -0.1) is 0 Å². The molecule has 0 saturated heterocycles. The Morgan fingerprint density at radius 2 is 1.17 bits per heavy atom. The van der Waals surface area contributed by atoms with E-state index in [1.807, 2.05) is 42.5 Å². The molecule has 0 aromatic heterocycles. The smallest absolute Gasteiger partial charge is 0 e. The molecule has 0 spiro atoms. The summed E-state index contributed by atoms with van der Waals surface area (Å²) in [6, 6.07) is 18.2. The van der Waals surface area contributed by atoms with Gasteiger partial charge < -0.3 is 30.3 Å². The Kier molecular flexibility index (Phi) is 6.41. The van der Waals surface area contributed by atoms with Gasteiger partial charge in [-0.1, -0.05) is 6.92 Å². The molecular weight excluding hydrogens is 191 g/mol. The molecule has 0 unspecified atom stereocenters. The van der Waals surface area contributed by atoms with Crippen molar-refractivity contribution in [2.75, 3.05) is 0 Å². The van der Waals surface area contributed by atoms with Gasteiger partial charge >= 0.3 is 0 Å². The van der Waals surface area contributed by atoms with Crippen molar-refractivity contribution in [2.45, 2.75) is 6.92 Å². The molecule has 0 nitrogen and oxygen atoms in total. The molecule has 12 heavy (non-hydrogen) atoms. The van der Waals surface area contributed by atoms with Crippen LogP contribution in [0.3, 0.4) is 0 Å². The van der Waals surface area contributed by atoms with E-state index in [9.17, 15) is 0 Å². The van der Waals surface area contributed by atoms with Gasteiger partial charge in [-0.3, -0.25) is 0 Å². The Bertz CT molecular complexity index is 223. The van der Waals surface area contributed by atoms with Crippen LogP contribution in [-0.4, -0.2) is 0 Å². The summed E-state index contributed by atoms with van der Waals surface area (Å²) in [5, 5.41) is 0. The molecule has 0 aliphatic carbocycles. The predicted molar refractivity (Wildman–Crippen MR) is 48.8 cm³/mol. The molecule has 1 heteroatoms. The van der Waals surface area contributed by atoms with Crippen LogP contribution in [0.1, 0.15) is 5.56 Å². The van der Waals surface area contributed by atoms with Crippen LogP contribution in [-0.2, 0) is 16.5 Å². The molecule has 2 rings (SSSR count). The van der Waals surface area contributed by atoms with Crippen molar-refractivity contribution in [3.8, 4) is 0 Å². The quantitative estimate of drug-likeness (QED) is 0.455. The van der Waals surface area contributed by atoms with Crippen molar-refractivity contribution in [1.29, 1.82) is 0 Å². The number of hydrogen-bond acceptors (Lipinski definition) is 0. The first kappa shape index (κ1) is 11.2. The van der Waals surface area contributed by atoms with Crippen LogP contribution in [0, 0.1) is 6.92 Å². The van der Waals surface area contributed by atoms with E-state index >= 15 is 0 Å². The first-order chi connectivity index (χ1) is 5.39. The minimum absolute atomic E-state index is 0. The van der Waals surface area contributed by atoms with Gasteiger partial charge in [-0.05, 0) is 0 Å². The summed E-state index contributed by atoms with van der Waals surface area (Å²) in [5.74, 6) is 0. The van der Waals surface area contributed by atoms with Gasteiger partial charge in [-0.2, -0.15) is 17.7 Å². The second-order valence-electron chi connectivity index (χ2n) is 2.42. The van der Waals surface area contributed by atoms with Crippen molar-refractivity contribution in [1.82, 2.24) is 0 Å². The third-order valence-corrected chi connectivity index (χ3v) is 1.38. The molecule has 0 aliphatic rings. The first-order valence-corrected chi connectivity index (χ1v) is 3.74. The summed E-state index contributed by atoms with van der Waals surface area (Å²) in [4.78, 5) is 0. The van der Waals surface area contributed by atoms with E-state index in [1.54, 1.807) is 0 Å². The Hall–Kier alpha value is -0.806. The molecular formula is C11H12Ni-6. The molecule has 0 radical (unpaired) electrons. The van der Waals surface area contributed by atoms with Crippen LogP contribution >= 0.6 is 0 Å². The molecule has 0 heterocycles. The van der Waals surface area contributed by atoms with E-state index in [0.29, 0.717) is 0 Å². The molecule has 0 amide bonds. The Labute approximate surface area is 83.9 Å². The zero-order chi connectivity index (χ0) is 7.94. The van der Waals surface area contributed by atoms with Gasteiger partial charge in [0, 0.05) is 16.5 Å². The SMILES string of the molecule is C[c-]1cccc1.[Ni].[cH-]1[cH-][cH-][cH-][cH-]1. The third kappa shape index (κ3) is 4.93. The van der Waals surface area contributed by atoms with Gasteiger partial charge in [0.2, 0.25) is 0 Å². The number of rotatable bonds is 0. The molecule has 0 bridgehead atoms. The summed E-state index contributed by atoms with van der Waals surface area (Å²) in [7, 11) is 0. The van der Waals surface area contributed by atoms with Crippen LogP contribution in [0.4, 0.5) is 0 Å². The number of hydrogen-bond donors (Lipinski definition) is 0. The second-order valence-corrected chi connectivity index (χ2v) is 2.42. The standard InChI is InChI=1S/C6H7.C5H5.Ni/c1-6-4-2-3-5-6;1-2-4-5-3-1;/h2-5H,1H3;1-5H;/q-1;-5;. The van der Waals surface area contributed by atoms with Gasteiger partial charge in [0.15, 0.2) is 0 Å². The Morgan fingerprint density at radius 1 is 0.833 bits per heavy atom. The predicted octanol–water partition coefficient (Wildman–Crippen LogP) is 3.12. The molecule has 0 atom stereocenters. The van der Waals surface area contributed by atoms with Crippen molar-refractivity contribution in [2.24, 2.45) is 0 Å². The van der Waals surface area contributed by atoms with E-state index in [4.69, 9.17) is 0 Å². The maximum Gasteiger partial charge on any atom is 0 e. The van der Waals surface area contributed by atoms with E-state index < -0.39 is 0 Å². The zero-order valence-corrected chi connectivity index (χ0v) is 8.00. The maximum atomic E-state index is 2.08. The molecule has 2 aromatic rings. The monoisotopic (exact) mass is 202 g/mol. The average Bonchev–Trinajstić information content (AvgIpc) is 2.57. The summed E-state index contributed by atoms with van der Waals surface area (Å²) >= 11 is 0. The van der Waals surface area contributed by atoms with Crippen molar-refractivity contribution < 1.29 is 16.5 Å². The van der Waals surface area contributed by atoms with Gasteiger partial charge in [0.25, 0.3) is 0 Å². The molecule has 0 fully saturated rings. The Balaban J connectivity index is 0.000000189. The zero-order valence-electron chi connectivity index (χ0n) is 7.01. The van der Waals surface area contributed by atoms with Crippen molar-refractivity contribution in [3.05, 3.63) is 60.2 Å². The average molecular weight is 203 g/mol. The minimum atomic E-state index is 0. The van der Waals surface area contributed by atoms with Crippen LogP contribution in [0.15, 0.2) is 54.6 Å². The summed E-state index contributed by atoms with van der Waals surface area (Å²) in [6.45, 7) is 2.08. The fourth-order valence-corrected chi connectivity index (χ4v) is 0.791. The molecule has 0 saturated carbocycles. The molecule has 0 N–H and O–H groups in total. The topological polar surface area (TPSA) is 0 Å². The van der Waals surface area contributed by atoms with E-state index in [1.165, 1.54) is 5.56 Å². The molecule has 0 aliphatic heterocycles. The van der Waals surface area contributed by atoms with Crippen LogP contribution in [0.5, 0.6) is 0 Å². The molecule has 2 aromatic carbocycles. The second kappa shape index (κ2) is 6.88. The van der Waals surface area contributed by atoms with E-state index in [2.05, 4.69) is 19.1 Å². The van der Waals surface area contributed by atoms with Crippen LogP contribution in [0.2, 0.25) is 0 Å². The van der Waals surface area contributed by atoms with E-state index in [-0.39, 0.29) is 16.5 Å².